The number of nitro groups is 1. The van der Waals surface area contributed by atoms with Gasteiger partial charge in [0.2, 0.25) is 0 Å². The quantitative estimate of drug-likeness (QED) is 0.425. The zero-order valence-corrected chi connectivity index (χ0v) is 12.2. The molecule has 7 heteroatoms. The van der Waals surface area contributed by atoms with Gasteiger partial charge in [0.05, 0.1) is 11.5 Å². The van der Waals surface area contributed by atoms with Gasteiger partial charge in [-0.2, -0.15) is 5.26 Å². The second-order valence-corrected chi connectivity index (χ2v) is 4.37. The van der Waals surface area contributed by atoms with Crippen molar-refractivity contribution in [3.05, 3.63) is 33.9 Å². The summed E-state index contributed by atoms with van der Waals surface area (Å²) in [6.07, 6.45) is -0.232. The lowest BCUT2D eigenvalue weighted by Crippen LogP contribution is -2.19. The molecule has 1 unspecified atom stereocenters. The van der Waals surface area contributed by atoms with Crippen LogP contribution in [0.5, 0.6) is 5.75 Å². The van der Waals surface area contributed by atoms with Crippen molar-refractivity contribution < 1.29 is 14.4 Å². The molecule has 1 aromatic rings. The predicted molar refractivity (Wildman–Crippen MR) is 77.0 cm³/mol. The first kappa shape index (κ1) is 16.9. The van der Waals surface area contributed by atoms with Gasteiger partial charge in [0.25, 0.3) is 0 Å². The van der Waals surface area contributed by atoms with Crippen molar-refractivity contribution in [3.63, 3.8) is 0 Å². The van der Waals surface area contributed by atoms with Crippen LogP contribution in [0.25, 0.3) is 0 Å². The number of nitrogens with zero attached hydrogens (tertiary/aromatic N) is 2. The number of nitriles is 1. The fourth-order valence-corrected chi connectivity index (χ4v) is 1.67. The Morgan fingerprint density at radius 2 is 2.29 bits per heavy atom. The molecule has 0 heterocycles. The molecule has 7 nitrogen and oxygen atoms in total. The van der Waals surface area contributed by atoms with E-state index in [0.29, 0.717) is 26.1 Å². The normalized spacial score (nSPS) is 11.7. The number of hydrogen-bond donors (Lipinski definition) is 1. The Morgan fingerprint density at radius 3 is 2.86 bits per heavy atom. The SMILES string of the molecule is CCC(C#N)Oc1cc(CNCCOC)ccc1[N+](=O)[O-]. The van der Waals surface area contributed by atoms with E-state index in [1.807, 2.05) is 6.07 Å². The first-order chi connectivity index (χ1) is 10.1. The highest BCUT2D eigenvalue weighted by molar-refractivity contribution is 5.48. The van der Waals surface area contributed by atoms with Crippen LogP contribution < -0.4 is 10.1 Å². The van der Waals surface area contributed by atoms with Crippen LogP contribution in [0.3, 0.4) is 0 Å². The topological polar surface area (TPSA) is 97.4 Å². The van der Waals surface area contributed by atoms with E-state index in [1.165, 1.54) is 6.07 Å². The Bertz CT molecular complexity index is 513. The minimum Gasteiger partial charge on any atom is -0.468 e. The Hall–Kier alpha value is -2.17. The monoisotopic (exact) mass is 293 g/mol. The summed E-state index contributed by atoms with van der Waals surface area (Å²) in [5, 5.41) is 23.1. The van der Waals surface area contributed by atoms with E-state index in [1.54, 1.807) is 26.2 Å². The van der Waals surface area contributed by atoms with Crippen molar-refractivity contribution in [1.82, 2.24) is 5.32 Å². The number of nitrogens with one attached hydrogen (secondary N) is 1. The van der Waals surface area contributed by atoms with E-state index in [4.69, 9.17) is 14.7 Å². The van der Waals surface area contributed by atoms with Crippen molar-refractivity contribution in [2.75, 3.05) is 20.3 Å². The van der Waals surface area contributed by atoms with Gasteiger partial charge in [-0.1, -0.05) is 13.0 Å². The van der Waals surface area contributed by atoms with Crippen molar-refractivity contribution in [2.45, 2.75) is 26.0 Å². The molecular weight excluding hydrogens is 274 g/mol. The van der Waals surface area contributed by atoms with Gasteiger partial charge in [-0.05, 0) is 18.1 Å². The van der Waals surface area contributed by atoms with Crippen LogP contribution >= 0.6 is 0 Å². The number of ether oxygens (including phenoxy) is 2. The standard InChI is InChI=1S/C14H19N3O4/c1-3-12(9-15)21-14-8-11(10-16-6-7-20-2)4-5-13(14)17(18)19/h4-5,8,12,16H,3,6-7,10H2,1-2H3. The molecule has 21 heavy (non-hydrogen) atoms. The highest BCUT2D eigenvalue weighted by Crippen LogP contribution is 2.29. The number of methoxy groups -OCH3 is 1. The van der Waals surface area contributed by atoms with E-state index >= 15 is 0 Å². The number of rotatable bonds is 9. The zero-order chi connectivity index (χ0) is 15.7. The lowest BCUT2D eigenvalue weighted by Gasteiger charge is -2.12. The highest BCUT2D eigenvalue weighted by Gasteiger charge is 2.18. The molecular formula is C14H19N3O4. The van der Waals surface area contributed by atoms with Crippen LogP contribution in [0.1, 0.15) is 18.9 Å². The van der Waals surface area contributed by atoms with E-state index < -0.39 is 11.0 Å². The Morgan fingerprint density at radius 1 is 1.52 bits per heavy atom. The maximum atomic E-state index is 11.0. The van der Waals surface area contributed by atoms with Gasteiger partial charge in [-0.15, -0.1) is 0 Å². The first-order valence-electron chi connectivity index (χ1n) is 6.65. The third kappa shape index (κ3) is 5.38. The second-order valence-electron chi connectivity index (χ2n) is 4.37. The van der Waals surface area contributed by atoms with Crippen molar-refractivity contribution >= 4 is 5.69 Å². The van der Waals surface area contributed by atoms with Crippen LogP contribution in [0.4, 0.5) is 5.69 Å². The van der Waals surface area contributed by atoms with E-state index in [2.05, 4.69) is 5.32 Å². The molecule has 0 saturated heterocycles. The maximum absolute atomic E-state index is 11.0. The van der Waals surface area contributed by atoms with Gasteiger partial charge in [-0.25, -0.2) is 0 Å². The molecule has 0 aliphatic heterocycles. The van der Waals surface area contributed by atoms with Crippen LogP contribution in [0, 0.1) is 21.4 Å². The van der Waals surface area contributed by atoms with Crippen LogP contribution in [0.2, 0.25) is 0 Å². The average molecular weight is 293 g/mol. The van der Waals surface area contributed by atoms with E-state index in [0.717, 1.165) is 5.56 Å². The highest BCUT2D eigenvalue weighted by atomic mass is 16.6. The van der Waals surface area contributed by atoms with Gasteiger partial charge in [0, 0.05) is 26.3 Å². The van der Waals surface area contributed by atoms with E-state index in [9.17, 15) is 10.1 Å². The molecule has 0 aliphatic rings. The molecule has 1 rings (SSSR count). The summed E-state index contributed by atoms with van der Waals surface area (Å²) in [7, 11) is 1.62. The minimum atomic E-state index is -0.694. The van der Waals surface area contributed by atoms with Crippen LogP contribution in [-0.4, -0.2) is 31.3 Å². The fourth-order valence-electron chi connectivity index (χ4n) is 1.67. The summed E-state index contributed by atoms with van der Waals surface area (Å²) in [5.41, 5.74) is 0.712. The molecule has 0 aromatic heterocycles. The summed E-state index contributed by atoms with van der Waals surface area (Å²) in [6, 6.07) is 6.62. The van der Waals surface area contributed by atoms with Gasteiger partial charge in [0.15, 0.2) is 11.9 Å². The summed E-state index contributed by atoms with van der Waals surface area (Å²) >= 11 is 0. The molecule has 1 atom stereocenters. The largest absolute Gasteiger partial charge is 0.468 e. The van der Waals surface area contributed by atoms with Gasteiger partial charge in [0.1, 0.15) is 6.07 Å². The zero-order valence-electron chi connectivity index (χ0n) is 12.2. The number of benzene rings is 1. The lowest BCUT2D eigenvalue weighted by molar-refractivity contribution is -0.386. The van der Waals surface area contributed by atoms with Crippen LogP contribution in [0.15, 0.2) is 18.2 Å². The summed E-state index contributed by atoms with van der Waals surface area (Å²) in [4.78, 5) is 10.5. The van der Waals surface area contributed by atoms with Gasteiger partial charge in [-0.3, -0.25) is 10.1 Å². The fraction of sp³-hybridized carbons (Fsp3) is 0.500. The third-order valence-corrected chi connectivity index (χ3v) is 2.82. The summed E-state index contributed by atoms with van der Waals surface area (Å²) < 4.78 is 10.3. The number of hydrogen-bond acceptors (Lipinski definition) is 6. The van der Waals surface area contributed by atoms with Gasteiger partial charge >= 0.3 is 5.69 Å². The molecule has 1 N–H and O–H groups in total. The van der Waals surface area contributed by atoms with Crippen LogP contribution in [-0.2, 0) is 11.3 Å². The van der Waals surface area contributed by atoms with Crippen molar-refractivity contribution in [1.29, 1.82) is 5.26 Å². The lowest BCUT2D eigenvalue weighted by atomic mass is 10.2. The molecule has 0 amide bonds. The smallest absolute Gasteiger partial charge is 0.310 e. The van der Waals surface area contributed by atoms with E-state index in [-0.39, 0.29) is 11.4 Å². The number of nitro benzene ring substituents is 1. The molecule has 0 fully saturated rings. The maximum Gasteiger partial charge on any atom is 0.310 e. The second kappa shape index (κ2) is 8.89. The average Bonchev–Trinajstić information content (AvgIpc) is 2.49. The summed E-state index contributed by atoms with van der Waals surface area (Å²) in [5.74, 6) is 0.124. The van der Waals surface area contributed by atoms with Crippen molar-refractivity contribution in [2.24, 2.45) is 0 Å². The van der Waals surface area contributed by atoms with Crippen molar-refractivity contribution in [3.8, 4) is 11.8 Å². The predicted octanol–water partition coefficient (Wildman–Crippen LogP) is 2.01. The van der Waals surface area contributed by atoms with Gasteiger partial charge < -0.3 is 14.8 Å². The summed E-state index contributed by atoms with van der Waals surface area (Å²) in [6.45, 7) is 3.60. The molecule has 0 bridgehead atoms. The molecule has 0 aliphatic carbocycles. The molecule has 0 saturated carbocycles. The first-order valence-corrected chi connectivity index (χ1v) is 6.65. The molecule has 114 valence electrons. The Balaban J connectivity index is 2.85. The minimum absolute atomic E-state index is 0.124. The molecule has 0 radical (unpaired) electrons. The molecule has 0 spiro atoms. The third-order valence-electron chi connectivity index (χ3n) is 2.82. The molecule has 1 aromatic carbocycles. The Labute approximate surface area is 123 Å². The Kier molecular flexibility index (Phi) is 7.15.